The maximum atomic E-state index is 13.8. The van der Waals surface area contributed by atoms with Crippen molar-refractivity contribution in [1.82, 2.24) is 0 Å². The van der Waals surface area contributed by atoms with Crippen molar-refractivity contribution >= 4 is 18.8 Å². The molecule has 1 saturated carbocycles. The maximum Gasteiger partial charge on any atom is 0.371 e. The first-order chi connectivity index (χ1) is 8.79. The molecule has 20 heavy (non-hydrogen) atoms. The fraction of sp³-hybridized carbons (Fsp3) is 0.600. The van der Waals surface area contributed by atoms with Crippen molar-refractivity contribution in [3.8, 4) is 0 Å². The summed E-state index contributed by atoms with van der Waals surface area (Å²) in [5.41, 5.74) is -0.01000. The van der Waals surface area contributed by atoms with Gasteiger partial charge < -0.3 is 0 Å². The van der Waals surface area contributed by atoms with Gasteiger partial charge in [0.25, 0.3) is 0 Å². The number of rotatable bonds is 0. The first-order valence-electron chi connectivity index (χ1n) is 6.61. The van der Waals surface area contributed by atoms with Crippen LogP contribution in [0.4, 0.5) is 8.78 Å². The summed E-state index contributed by atoms with van der Waals surface area (Å²) < 4.78 is 27.6. The molecule has 0 aromatic rings. The minimum atomic E-state index is -3.91. The molecule has 107 valence electrons. The molecule has 0 saturated heterocycles. The van der Waals surface area contributed by atoms with Gasteiger partial charge in [0.2, 0.25) is 11.6 Å². The highest BCUT2D eigenvalue weighted by Crippen LogP contribution is 2.50. The predicted molar refractivity (Wildman–Crippen MR) is 73.7 cm³/mol. The van der Waals surface area contributed by atoms with Gasteiger partial charge in [0.15, 0.2) is 7.28 Å². The Morgan fingerprint density at radius 2 is 1.10 bits per heavy atom. The third kappa shape index (κ3) is 1.90. The predicted octanol–water partition coefficient (Wildman–Crippen LogP) is 3.09. The quantitative estimate of drug-likeness (QED) is 0.504. The highest BCUT2D eigenvalue weighted by Gasteiger charge is 2.61. The van der Waals surface area contributed by atoms with Crippen molar-refractivity contribution in [3.63, 3.8) is 0 Å². The van der Waals surface area contributed by atoms with E-state index in [1.807, 2.05) is 41.5 Å². The molecule has 0 aromatic heterocycles. The van der Waals surface area contributed by atoms with E-state index in [-0.39, 0.29) is 11.1 Å². The molecule has 0 unspecified atom stereocenters. The molecule has 1 aliphatic heterocycles. The van der Waals surface area contributed by atoms with Crippen LogP contribution in [0.5, 0.6) is 0 Å². The average Bonchev–Trinajstić information content (AvgIpc) is 2.71. The van der Waals surface area contributed by atoms with Gasteiger partial charge in [0.1, 0.15) is 0 Å². The zero-order chi connectivity index (χ0) is 15.7. The summed E-state index contributed by atoms with van der Waals surface area (Å²) >= 11 is 0. The Bertz CT molecular complexity index is 534. The Kier molecular flexibility index (Phi) is 2.95. The second-order valence-corrected chi connectivity index (χ2v) is 7.45. The lowest BCUT2D eigenvalue weighted by atomic mass is 9.52. The normalized spacial score (nSPS) is 22.6. The van der Waals surface area contributed by atoms with E-state index in [9.17, 15) is 18.4 Å². The Labute approximate surface area is 118 Å². The van der Waals surface area contributed by atoms with Crippen molar-refractivity contribution < 1.29 is 18.4 Å². The third-order valence-electron chi connectivity index (χ3n) is 3.72. The summed E-state index contributed by atoms with van der Waals surface area (Å²) in [6.45, 7) is 11.1. The van der Waals surface area contributed by atoms with E-state index in [4.69, 9.17) is 0 Å². The summed E-state index contributed by atoms with van der Waals surface area (Å²) in [4.78, 5) is 23.9. The van der Waals surface area contributed by atoms with Crippen molar-refractivity contribution in [2.24, 2.45) is 10.8 Å². The Hall–Kier alpha value is -1.26. The number of hydrogen-bond donors (Lipinski definition) is 0. The van der Waals surface area contributed by atoms with Crippen LogP contribution in [-0.4, -0.2) is 24.8 Å². The standard InChI is InChI=1S/C15H18BF2O2/c1-13(2,3)9-7-8(10(16-9)14(4,5)6)12(20)15(17,18)11(7)19/h1-6H3. The summed E-state index contributed by atoms with van der Waals surface area (Å²) in [5.74, 6) is -6.61. The van der Waals surface area contributed by atoms with E-state index in [0.29, 0.717) is 10.9 Å². The van der Waals surface area contributed by atoms with Gasteiger partial charge in [0.05, 0.1) is 0 Å². The van der Waals surface area contributed by atoms with Crippen molar-refractivity contribution in [2.75, 3.05) is 0 Å². The first-order valence-corrected chi connectivity index (χ1v) is 6.61. The van der Waals surface area contributed by atoms with E-state index in [1.165, 1.54) is 0 Å². The third-order valence-corrected chi connectivity index (χ3v) is 3.72. The van der Waals surface area contributed by atoms with E-state index >= 15 is 0 Å². The highest BCUT2D eigenvalue weighted by molar-refractivity contribution is 6.62. The van der Waals surface area contributed by atoms with Crippen LogP contribution in [0.15, 0.2) is 22.1 Å². The monoisotopic (exact) mass is 279 g/mol. The van der Waals surface area contributed by atoms with Crippen LogP contribution in [0, 0.1) is 10.8 Å². The number of Topliss-reactive ketones (excluding diaryl/α,β-unsaturated/α-hetero) is 2. The van der Waals surface area contributed by atoms with Crippen LogP contribution in [-0.2, 0) is 9.59 Å². The van der Waals surface area contributed by atoms with Crippen LogP contribution in [0.25, 0.3) is 0 Å². The van der Waals surface area contributed by atoms with E-state index in [2.05, 4.69) is 0 Å². The second kappa shape index (κ2) is 3.89. The highest BCUT2D eigenvalue weighted by atomic mass is 19.3. The SMILES string of the molecule is CC(C)(C)C1=C2C(=O)C(F)(F)C(=O)C2=C(C(C)(C)C)[B]1. The van der Waals surface area contributed by atoms with E-state index < -0.39 is 28.3 Å². The molecule has 0 atom stereocenters. The Morgan fingerprint density at radius 3 is 1.35 bits per heavy atom. The van der Waals surface area contributed by atoms with Gasteiger partial charge in [-0.2, -0.15) is 8.78 Å². The first kappa shape index (κ1) is 15.1. The molecule has 2 nitrogen and oxygen atoms in total. The van der Waals surface area contributed by atoms with Crippen LogP contribution in [0.3, 0.4) is 0 Å². The number of hydrogen-bond acceptors (Lipinski definition) is 2. The molecule has 0 amide bonds. The molecule has 2 aliphatic rings. The molecule has 0 spiro atoms. The molecular weight excluding hydrogens is 261 g/mol. The van der Waals surface area contributed by atoms with Crippen molar-refractivity contribution in [1.29, 1.82) is 0 Å². The minimum absolute atomic E-state index is 0.0718. The van der Waals surface area contributed by atoms with Crippen LogP contribution >= 0.6 is 0 Å². The molecule has 0 aromatic carbocycles. The van der Waals surface area contributed by atoms with Gasteiger partial charge in [-0.05, 0) is 10.8 Å². The van der Waals surface area contributed by atoms with Crippen LogP contribution in [0.1, 0.15) is 41.5 Å². The molecule has 0 N–H and O–H groups in total. The van der Waals surface area contributed by atoms with Crippen molar-refractivity contribution in [3.05, 3.63) is 22.1 Å². The van der Waals surface area contributed by atoms with E-state index in [1.54, 1.807) is 7.28 Å². The Morgan fingerprint density at radius 1 is 0.800 bits per heavy atom. The smallest absolute Gasteiger partial charge is 0.287 e. The second-order valence-electron chi connectivity index (χ2n) is 7.45. The lowest BCUT2D eigenvalue weighted by molar-refractivity contribution is -0.148. The topological polar surface area (TPSA) is 34.1 Å². The van der Waals surface area contributed by atoms with Crippen LogP contribution in [0.2, 0.25) is 0 Å². The summed E-state index contributed by atoms with van der Waals surface area (Å²) in [6, 6.07) is 0. The summed E-state index contributed by atoms with van der Waals surface area (Å²) in [7, 11) is 1.75. The number of carbonyl (C=O) groups excluding carboxylic acids is 2. The lowest BCUT2D eigenvalue weighted by Crippen LogP contribution is -2.33. The molecule has 1 radical (unpaired) electrons. The lowest BCUT2D eigenvalue weighted by Gasteiger charge is -2.26. The molecule has 2 rings (SSSR count). The zero-order valence-corrected chi connectivity index (χ0v) is 12.6. The van der Waals surface area contributed by atoms with Gasteiger partial charge in [-0.15, -0.1) is 0 Å². The van der Waals surface area contributed by atoms with Gasteiger partial charge in [-0.3, -0.25) is 9.59 Å². The van der Waals surface area contributed by atoms with Gasteiger partial charge in [-0.1, -0.05) is 52.5 Å². The maximum absolute atomic E-state index is 13.8. The molecule has 1 heterocycles. The molecule has 0 bridgehead atoms. The van der Waals surface area contributed by atoms with E-state index in [0.717, 1.165) is 0 Å². The minimum Gasteiger partial charge on any atom is -0.287 e. The fourth-order valence-corrected chi connectivity index (χ4v) is 2.63. The zero-order valence-electron chi connectivity index (χ0n) is 12.6. The number of fused-ring (bicyclic) bond motifs is 1. The molecule has 1 fully saturated rings. The fourth-order valence-electron chi connectivity index (χ4n) is 2.63. The summed E-state index contributed by atoms with van der Waals surface area (Å²) in [6.07, 6.45) is 0. The number of alkyl halides is 2. The molecule has 5 heteroatoms. The average molecular weight is 279 g/mol. The number of halogens is 2. The van der Waals surface area contributed by atoms with Gasteiger partial charge in [0, 0.05) is 11.1 Å². The van der Waals surface area contributed by atoms with Crippen molar-refractivity contribution in [2.45, 2.75) is 47.5 Å². The number of ketones is 2. The largest absolute Gasteiger partial charge is 0.371 e. The number of allylic oxidation sites excluding steroid dienone is 4. The summed E-state index contributed by atoms with van der Waals surface area (Å²) in [5, 5.41) is 0. The van der Waals surface area contributed by atoms with Gasteiger partial charge in [-0.25, -0.2) is 0 Å². The molecular formula is C15H18BF2O2. The number of carbonyl (C=O) groups is 2. The molecule has 1 aliphatic carbocycles. The Balaban J connectivity index is 2.76. The van der Waals surface area contributed by atoms with Gasteiger partial charge >= 0.3 is 5.92 Å². The van der Waals surface area contributed by atoms with Crippen LogP contribution < -0.4 is 0 Å².